The van der Waals surface area contributed by atoms with Crippen molar-refractivity contribution in [2.24, 2.45) is 0 Å². The van der Waals surface area contributed by atoms with E-state index < -0.39 is 0 Å². The number of aromatic amines is 1. The highest BCUT2D eigenvalue weighted by Gasteiger charge is 2.22. The lowest BCUT2D eigenvalue weighted by atomic mass is 10.2. The minimum absolute atomic E-state index is 0.341. The third-order valence-electron chi connectivity index (χ3n) is 3.59. The van der Waals surface area contributed by atoms with Gasteiger partial charge in [-0.05, 0) is 12.1 Å². The zero-order valence-corrected chi connectivity index (χ0v) is 11.1. The van der Waals surface area contributed by atoms with Crippen LogP contribution in [-0.2, 0) is 0 Å². The molecule has 1 aromatic heterocycles. The third kappa shape index (κ3) is 2.14. The first-order chi connectivity index (χ1) is 9.79. The maximum atomic E-state index is 9.12. The van der Waals surface area contributed by atoms with Crippen molar-refractivity contribution in [1.82, 2.24) is 10.2 Å². The molecule has 0 radical (unpaired) electrons. The van der Waals surface area contributed by atoms with Gasteiger partial charge in [0.05, 0.1) is 0 Å². The Morgan fingerprint density at radius 2 is 1.75 bits per heavy atom. The van der Waals surface area contributed by atoms with E-state index in [4.69, 9.17) is 11.0 Å². The number of benzene rings is 1. The number of nitrogens with zero attached hydrogens (tertiary/aromatic N) is 4. The Morgan fingerprint density at radius 1 is 1.10 bits per heavy atom. The summed E-state index contributed by atoms with van der Waals surface area (Å²) in [7, 11) is 0. The average molecular weight is 268 g/mol. The summed E-state index contributed by atoms with van der Waals surface area (Å²) in [5.74, 6) is 1.01. The molecule has 0 aliphatic carbocycles. The molecule has 1 aliphatic heterocycles. The number of rotatable bonds is 2. The Hall–Kier alpha value is -2.68. The van der Waals surface area contributed by atoms with Crippen molar-refractivity contribution in [1.29, 1.82) is 5.26 Å². The number of hydrogen-bond donors (Lipinski definition) is 2. The lowest BCUT2D eigenvalue weighted by Gasteiger charge is -2.36. The third-order valence-corrected chi connectivity index (χ3v) is 3.59. The second-order valence-electron chi connectivity index (χ2n) is 4.76. The Bertz CT molecular complexity index is 619. The van der Waals surface area contributed by atoms with Crippen molar-refractivity contribution >= 4 is 17.3 Å². The minimum atomic E-state index is 0.341. The Labute approximate surface area is 117 Å². The SMILES string of the molecule is N#Cc1c(N2CCN(c3ccccc3)CC2)n[nH]c1N. The van der Waals surface area contributed by atoms with Crippen molar-refractivity contribution in [2.75, 3.05) is 41.7 Å². The monoisotopic (exact) mass is 268 g/mol. The molecule has 0 atom stereocenters. The van der Waals surface area contributed by atoms with Gasteiger partial charge in [-0.15, -0.1) is 0 Å². The molecule has 1 aliphatic rings. The van der Waals surface area contributed by atoms with Gasteiger partial charge in [-0.3, -0.25) is 5.10 Å². The first-order valence-electron chi connectivity index (χ1n) is 6.58. The topological polar surface area (TPSA) is 85.0 Å². The normalized spacial score (nSPS) is 15.2. The van der Waals surface area contributed by atoms with E-state index in [-0.39, 0.29) is 0 Å². The molecule has 20 heavy (non-hydrogen) atoms. The molecule has 0 spiro atoms. The highest BCUT2D eigenvalue weighted by molar-refractivity contribution is 5.64. The van der Waals surface area contributed by atoms with Gasteiger partial charge >= 0.3 is 0 Å². The van der Waals surface area contributed by atoms with E-state index in [1.54, 1.807) is 0 Å². The van der Waals surface area contributed by atoms with E-state index in [2.05, 4.69) is 38.2 Å². The summed E-state index contributed by atoms with van der Waals surface area (Å²) < 4.78 is 0. The van der Waals surface area contributed by atoms with Crippen LogP contribution in [0.5, 0.6) is 0 Å². The number of H-pyrrole nitrogens is 1. The number of hydrogen-bond acceptors (Lipinski definition) is 5. The van der Waals surface area contributed by atoms with E-state index in [0.717, 1.165) is 26.2 Å². The summed E-state index contributed by atoms with van der Waals surface area (Å²) in [5, 5.41) is 15.9. The van der Waals surface area contributed by atoms with Crippen LogP contribution in [0.2, 0.25) is 0 Å². The van der Waals surface area contributed by atoms with E-state index in [0.29, 0.717) is 17.2 Å². The Morgan fingerprint density at radius 3 is 2.40 bits per heavy atom. The number of aromatic nitrogens is 2. The summed E-state index contributed by atoms with van der Waals surface area (Å²) in [6.45, 7) is 3.46. The molecule has 1 saturated heterocycles. The number of nitriles is 1. The molecule has 1 fully saturated rings. The van der Waals surface area contributed by atoms with Crippen LogP contribution in [0, 0.1) is 11.3 Å². The average Bonchev–Trinajstić information content (AvgIpc) is 2.89. The van der Waals surface area contributed by atoms with Crippen molar-refractivity contribution in [2.45, 2.75) is 0 Å². The number of para-hydroxylation sites is 1. The van der Waals surface area contributed by atoms with Gasteiger partial charge < -0.3 is 15.5 Å². The van der Waals surface area contributed by atoms with Crippen LogP contribution >= 0.6 is 0 Å². The fourth-order valence-electron chi connectivity index (χ4n) is 2.50. The molecule has 6 heteroatoms. The predicted molar refractivity (Wildman–Crippen MR) is 78.6 cm³/mol. The van der Waals surface area contributed by atoms with Gasteiger partial charge in [0.2, 0.25) is 0 Å². The predicted octanol–water partition coefficient (Wildman–Crippen LogP) is 1.19. The highest BCUT2D eigenvalue weighted by atomic mass is 15.3. The van der Waals surface area contributed by atoms with E-state index in [1.165, 1.54) is 5.69 Å². The number of piperazine rings is 1. The largest absolute Gasteiger partial charge is 0.383 e. The summed E-state index contributed by atoms with van der Waals surface area (Å²) in [6.07, 6.45) is 0. The second kappa shape index (κ2) is 5.13. The quantitative estimate of drug-likeness (QED) is 0.854. The van der Waals surface area contributed by atoms with Crippen LogP contribution in [0.1, 0.15) is 5.56 Å². The van der Waals surface area contributed by atoms with Gasteiger partial charge in [0.1, 0.15) is 17.5 Å². The van der Waals surface area contributed by atoms with Crippen LogP contribution < -0.4 is 15.5 Å². The van der Waals surface area contributed by atoms with E-state index >= 15 is 0 Å². The molecule has 1 aromatic carbocycles. The number of nitrogen functional groups attached to an aromatic ring is 1. The lowest BCUT2D eigenvalue weighted by Crippen LogP contribution is -2.46. The van der Waals surface area contributed by atoms with Crippen molar-refractivity contribution in [3.8, 4) is 6.07 Å². The first-order valence-corrected chi connectivity index (χ1v) is 6.58. The highest BCUT2D eigenvalue weighted by Crippen LogP contribution is 2.24. The molecule has 3 N–H and O–H groups in total. The Kier molecular flexibility index (Phi) is 3.17. The molecule has 0 bridgehead atoms. The van der Waals surface area contributed by atoms with Crippen molar-refractivity contribution in [3.63, 3.8) is 0 Å². The summed E-state index contributed by atoms with van der Waals surface area (Å²) in [4.78, 5) is 4.43. The van der Waals surface area contributed by atoms with Gasteiger partial charge in [-0.2, -0.15) is 10.4 Å². The molecule has 102 valence electrons. The van der Waals surface area contributed by atoms with Gasteiger partial charge in [0.25, 0.3) is 0 Å². The standard InChI is InChI=1S/C14H16N6/c15-10-12-13(16)17-18-14(12)20-8-6-19(7-9-20)11-4-2-1-3-5-11/h1-5H,6-9H2,(H3,16,17,18). The molecule has 0 unspecified atom stereocenters. The summed E-state index contributed by atoms with van der Waals surface area (Å²) >= 11 is 0. The lowest BCUT2D eigenvalue weighted by molar-refractivity contribution is 0.646. The van der Waals surface area contributed by atoms with Crippen LogP contribution in [0.4, 0.5) is 17.3 Å². The van der Waals surface area contributed by atoms with Crippen LogP contribution in [0.15, 0.2) is 30.3 Å². The van der Waals surface area contributed by atoms with Crippen LogP contribution in [-0.4, -0.2) is 36.4 Å². The van der Waals surface area contributed by atoms with Crippen LogP contribution in [0.25, 0.3) is 0 Å². The first kappa shape index (κ1) is 12.4. The van der Waals surface area contributed by atoms with Gasteiger partial charge in [-0.1, -0.05) is 18.2 Å². The van der Waals surface area contributed by atoms with Gasteiger partial charge in [0, 0.05) is 31.9 Å². The van der Waals surface area contributed by atoms with Gasteiger partial charge in [0.15, 0.2) is 5.82 Å². The number of nitrogens with two attached hydrogens (primary N) is 1. The second-order valence-corrected chi connectivity index (χ2v) is 4.76. The molecule has 2 heterocycles. The van der Waals surface area contributed by atoms with E-state index in [1.807, 2.05) is 18.2 Å². The maximum absolute atomic E-state index is 9.12. The number of anilines is 3. The molecule has 2 aromatic rings. The fraction of sp³-hybridized carbons (Fsp3) is 0.286. The van der Waals surface area contributed by atoms with E-state index in [9.17, 15) is 0 Å². The molecule has 0 amide bonds. The fourth-order valence-corrected chi connectivity index (χ4v) is 2.50. The zero-order chi connectivity index (χ0) is 13.9. The summed E-state index contributed by atoms with van der Waals surface area (Å²) in [5.41, 5.74) is 7.37. The summed E-state index contributed by atoms with van der Waals surface area (Å²) in [6, 6.07) is 12.4. The van der Waals surface area contributed by atoms with Crippen molar-refractivity contribution in [3.05, 3.63) is 35.9 Å². The Balaban J connectivity index is 1.71. The molecule has 3 rings (SSSR count). The van der Waals surface area contributed by atoms with Crippen LogP contribution in [0.3, 0.4) is 0 Å². The number of nitrogens with one attached hydrogen (secondary N) is 1. The smallest absolute Gasteiger partial charge is 0.170 e. The molecular weight excluding hydrogens is 252 g/mol. The minimum Gasteiger partial charge on any atom is -0.383 e. The zero-order valence-electron chi connectivity index (χ0n) is 11.1. The maximum Gasteiger partial charge on any atom is 0.170 e. The molecule has 0 saturated carbocycles. The van der Waals surface area contributed by atoms with Gasteiger partial charge in [-0.25, -0.2) is 0 Å². The van der Waals surface area contributed by atoms with Crippen molar-refractivity contribution < 1.29 is 0 Å². The molecule has 6 nitrogen and oxygen atoms in total. The molecular formula is C14H16N6.